The number of benzene rings is 1. The maximum absolute atomic E-state index is 13.0. The van der Waals surface area contributed by atoms with Gasteiger partial charge in [-0.3, -0.25) is 4.79 Å². The van der Waals surface area contributed by atoms with Gasteiger partial charge >= 0.3 is 6.18 Å². The van der Waals surface area contributed by atoms with Gasteiger partial charge in [-0.05, 0) is 55.9 Å². The fourth-order valence-electron chi connectivity index (χ4n) is 3.46. The van der Waals surface area contributed by atoms with Crippen LogP contribution in [0.5, 0.6) is 0 Å². The van der Waals surface area contributed by atoms with Crippen LogP contribution >= 0.6 is 23.4 Å². The molecular formula is C21H18ClF3N2O3S. The molecule has 0 radical (unpaired) electrons. The summed E-state index contributed by atoms with van der Waals surface area (Å²) in [5, 5.41) is 0.736. The summed E-state index contributed by atoms with van der Waals surface area (Å²) in [6.45, 7) is 5.20. The number of amides is 1. The van der Waals surface area contributed by atoms with Crippen LogP contribution in [-0.2, 0) is 15.7 Å². The SMILES string of the molecule is CC1CN(C2=NC(=O)/C(=C\c3ccc(-c4cc(C(F)(F)F)ccc4Cl)o3)S2)CC(C)O1. The molecule has 3 heterocycles. The number of ether oxygens (including phenoxy) is 1. The lowest BCUT2D eigenvalue weighted by Gasteiger charge is -2.35. The third kappa shape index (κ3) is 4.83. The van der Waals surface area contributed by atoms with Gasteiger partial charge in [-0.25, -0.2) is 0 Å². The van der Waals surface area contributed by atoms with Gasteiger partial charge in [0.1, 0.15) is 11.5 Å². The highest BCUT2D eigenvalue weighted by molar-refractivity contribution is 8.18. The van der Waals surface area contributed by atoms with Crippen molar-refractivity contribution in [3.05, 3.63) is 51.6 Å². The Morgan fingerprint density at radius 2 is 1.90 bits per heavy atom. The first kappa shape index (κ1) is 22.0. The molecule has 2 aliphatic heterocycles. The predicted molar refractivity (Wildman–Crippen MR) is 114 cm³/mol. The van der Waals surface area contributed by atoms with Crippen molar-refractivity contribution in [1.29, 1.82) is 0 Å². The second-order valence-electron chi connectivity index (χ2n) is 7.37. The first-order chi connectivity index (χ1) is 14.6. The van der Waals surface area contributed by atoms with Crippen molar-refractivity contribution in [3.8, 4) is 11.3 Å². The molecule has 164 valence electrons. The standard InChI is InChI=1S/C21H18ClF3N2O3S/c1-11-9-27(10-12(2)29-11)20-26-19(28)18(31-20)8-14-4-6-17(30-14)15-7-13(21(23,24)25)3-5-16(15)22/h3-8,11-12H,9-10H2,1-2H3/b18-8+. The van der Waals surface area contributed by atoms with Crippen LogP contribution in [0.3, 0.4) is 0 Å². The average molecular weight is 471 g/mol. The number of amidine groups is 1. The van der Waals surface area contributed by atoms with Crippen LogP contribution in [0, 0.1) is 0 Å². The third-order valence-corrected chi connectivity index (χ3v) is 6.13. The second-order valence-corrected chi connectivity index (χ2v) is 8.78. The Morgan fingerprint density at radius 1 is 1.19 bits per heavy atom. The summed E-state index contributed by atoms with van der Waals surface area (Å²) in [6, 6.07) is 6.13. The number of carbonyl (C=O) groups is 1. The van der Waals surface area contributed by atoms with Crippen LogP contribution in [-0.4, -0.2) is 41.3 Å². The highest BCUT2D eigenvalue weighted by atomic mass is 35.5. The normalized spacial score (nSPS) is 23.5. The van der Waals surface area contributed by atoms with Crippen molar-refractivity contribution in [3.63, 3.8) is 0 Å². The minimum absolute atomic E-state index is 0.0278. The molecule has 0 aliphatic carbocycles. The fourth-order valence-corrected chi connectivity index (χ4v) is 4.58. The second kappa shape index (κ2) is 8.37. The predicted octanol–water partition coefficient (Wildman–Crippen LogP) is 5.70. The van der Waals surface area contributed by atoms with Crippen molar-refractivity contribution in [2.24, 2.45) is 4.99 Å². The van der Waals surface area contributed by atoms with Gasteiger partial charge in [-0.2, -0.15) is 18.2 Å². The maximum Gasteiger partial charge on any atom is 0.416 e. The van der Waals surface area contributed by atoms with Crippen LogP contribution in [0.4, 0.5) is 13.2 Å². The number of alkyl halides is 3. The van der Waals surface area contributed by atoms with E-state index in [1.54, 1.807) is 6.07 Å². The number of nitrogens with zero attached hydrogens (tertiary/aromatic N) is 2. The van der Waals surface area contributed by atoms with Crippen molar-refractivity contribution < 1.29 is 27.1 Å². The molecule has 1 saturated heterocycles. The number of rotatable bonds is 2. The van der Waals surface area contributed by atoms with E-state index >= 15 is 0 Å². The highest BCUT2D eigenvalue weighted by Crippen LogP contribution is 2.37. The Balaban J connectivity index is 1.54. The lowest BCUT2D eigenvalue weighted by Crippen LogP contribution is -2.47. The molecule has 2 atom stereocenters. The third-order valence-electron chi connectivity index (χ3n) is 4.76. The van der Waals surface area contributed by atoms with Crippen molar-refractivity contribution >= 4 is 40.5 Å². The largest absolute Gasteiger partial charge is 0.457 e. The average Bonchev–Trinajstić information content (AvgIpc) is 3.28. The zero-order valence-corrected chi connectivity index (χ0v) is 18.1. The van der Waals surface area contributed by atoms with Gasteiger partial charge in [0, 0.05) is 24.7 Å². The van der Waals surface area contributed by atoms with E-state index < -0.39 is 11.7 Å². The van der Waals surface area contributed by atoms with Gasteiger partial charge in [-0.15, -0.1) is 0 Å². The lowest BCUT2D eigenvalue weighted by atomic mass is 10.1. The van der Waals surface area contributed by atoms with E-state index in [0.717, 1.165) is 12.1 Å². The van der Waals surface area contributed by atoms with Gasteiger partial charge in [0.25, 0.3) is 5.91 Å². The van der Waals surface area contributed by atoms with Gasteiger partial charge in [0.05, 0.1) is 27.7 Å². The summed E-state index contributed by atoms with van der Waals surface area (Å²) in [5.74, 6) is 0.108. The summed E-state index contributed by atoms with van der Waals surface area (Å²) in [6.07, 6.45) is -2.91. The molecule has 4 rings (SSSR count). The molecule has 2 unspecified atom stereocenters. The summed E-state index contributed by atoms with van der Waals surface area (Å²) in [7, 11) is 0. The molecule has 0 bridgehead atoms. The Hall–Kier alpha value is -2.23. The molecule has 31 heavy (non-hydrogen) atoms. The Morgan fingerprint density at radius 3 is 2.58 bits per heavy atom. The molecule has 0 N–H and O–H groups in total. The monoisotopic (exact) mass is 470 g/mol. The molecular weight excluding hydrogens is 453 g/mol. The van der Waals surface area contributed by atoms with Crippen molar-refractivity contribution in [2.75, 3.05) is 13.1 Å². The van der Waals surface area contributed by atoms with E-state index in [1.807, 2.05) is 18.7 Å². The van der Waals surface area contributed by atoms with E-state index in [0.29, 0.717) is 28.9 Å². The molecule has 0 saturated carbocycles. The first-order valence-corrected chi connectivity index (χ1v) is 10.7. The van der Waals surface area contributed by atoms with E-state index in [2.05, 4.69) is 4.99 Å². The Labute approximate surface area is 185 Å². The van der Waals surface area contributed by atoms with Crippen LogP contribution < -0.4 is 0 Å². The maximum atomic E-state index is 13.0. The zero-order valence-electron chi connectivity index (χ0n) is 16.6. The molecule has 0 spiro atoms. The molecule has 5 nitrogen and oxygen atoms in total. The van der Waals surface area contributed by atoms with E-state index in [-0.39, 0.29) is 34.5 Å². The topological polar surface area (TPSA) is 55.0 Å². The molecule has 2 aliphatic rings. The van der Waals surface area contributed by atoms with Crippen LogP contribution in [0.15, 0.2) is 44.6 Å². The van der Waals surface area contributed by atoms with Crippen LogP contribution in [0.1, 0.15) is 25.2 Å². The van der Waals surface area contributed by atoms with E-state index in [9.17, 15) is 18.0 Å². The number of halogens is 4. The summed E-state index contributed by atoms with van der Waals surface area (Å²) >= 11 is 7.31. The summed E-state index contributed by atoms with van der Waals surface area (Å²) in [4.78, 5) is 18.9. The van der Waals surface area contributed by atoms with Crippen molar-refractivity contribution in [2.45, 2.75) is 32.2 Å². The summed E-state index contributed by atoms with van der Waals surface area (Å²) in [5.41, 5.74) is -0.698. The minimum atomic E-state index is -4.49. The number of carbonyl (C=O) groups excluding carboxylic acids is 1. The van der Waals surface area contributed by atoms with Gasteiger partial charge in [0.2, 0.25) is 0 Å². The Kier molecular flexibility index (Phi) is 5.93. The van der Waals surface area contributed by atoms with Gasteiger partial charge in [0.15, 0.2) is 5.17 Å². The lowest BCUT2D eigenvalue weighted by molar-refractivity contribution is -0.137. The van der Waals surface area contributed by atoms with E-state index in [1.165, 1.54) is 30.0 Å². The van der Waals surface area contributed by atoms with Crippen LogP contribution in [0.25, 0.3) is 17.4 Å². The van der Waals surface area contributed by atoms with Crippen molar-refractivity contribution in [1.82, 2.24) is 4.90 Å². The van der Waals surface area contributed by atoms with Crippen LogP contribution in [0.2, 0.25) is 5.02 Å². The highest BCUT2D eigenvalue weighted by Gasteiger charge is 2.32. The molecule has 1 fully saturated rings. The molecule has 1 aromatic carbocycles. The minimum Gasteiger partial charge on any atom is -0.457 e. The smallest absolute Gasteiger partial charge is 0.416 e. The zero-order chi connectivity index (χ0) is 22.3. The number of hydrogen-bond donors (Lipinski definition) is 0. The first-order valence-electron chi connectivity index (χ1n) is 9.50. The number of aliphatic imine (C=N–C) groups is 1. The number of furan rings is 1. The van der Waals surface area contributed by atoms with Gasteiger partial charge < -0.3 is 14.1 Å². The number of hydrogen-bond acceptors (Lipinski definition) is 5. The Bertz CT molecular complexity index is 1070. The quantitative estimate of drug-likeness (QED) is 0.527. The molecule has 10 heteroatoms. The van der Waals surface area contributed by atoms with E-state index in [4.69, 9.17) is 20.8 Å². The molecule has 1 amide bonds. The number of morpholine rings is 1. The molecule has 2 aromatic rings. The molecule has 1 aromatic heterocycles. The summed E-state index contributed by atoms with van der Waals surface area (Å²) < 4.78 is 50.4. The number of thioether (sulfide) groups is 1. The fraction of sp³-hybridized carbons (Fsp3) is 0.333. The van der Waals surface area contributed by atoms with Gasteiger partial charge in [-0.1, -0.05) is 11.6 Å².